The van der Waals surface area contributed by atoms with E-state index in [4.69, 9.17) is 5.73 Å². The lowest BCUT2D eigenvalue weighted by atomic mass is 10.2. The quantitative estimate of drug-likeness (QED) is 0.829. The van der Waals surface area contributed by atoms with Crippen LogP contribution in [-0.2, 0) is 6.42 Å². The van der Waals surface area contributed by atoms with Gasteiger partial charge in [0.15, 0.2) is 0 Å². The van der Waals surface area contributed by atoms with Crippen molar-refractivity contribution in [1.29, 1.82) is 0 Å². The third kappa shape index (κ3) is 2.82. The van der Waals surface area contributed by atoms with E-state index in [1.165, 1.54) is 5.69 Å². The average Bonchev–Trinajstić information content (AvgIpc) is 2.64. The molecule has 1 atom stereocenters. The molecule has 0 amide bonds. The van der Waals surface area contributed by atoms with E-state index in [0.29, 0.717) is 0 Å². The number of hydrogen-bond donors (Lipinski definition) is 1. The summed E-state index contributed by atoms with van der Waals surface area (Å²) in [5.74, 6) is 1.11. The van der Waals surface area contributed by atoms with Crippen molar-refractivity contribution in [2.45, 2.75) is 37.8 Å². The molecule has 17 heavy (non-hydrogen) atoms. The van der Waals surface area contributed by atoms with Gasteiger partial charge < -0.3 is 10.1 Å². The first kappa shape index (κ1) is 12.5. The number of imidazole rings is 1. The zero-order chi connectivity index (χ0) is 12.3. The van der Waals surface area contributed by atoms with Gasteiger partial charge in [0.2, 0.25) is 0 Å². The molecular formula is C13H19N3S. The van der Waals surface area contributed by atoms with Crippen molar-refractivity contribution in [3.63, 3.8) is 0 Å². The highest BCUT2D eigenvalue weighted by Gasteiger charge is 2.13. The van der Waals surface area contributed by atoms with Gasteiger partial charge in [-0.05, 0) is 31.2 Å². The molecule has 2 N–H and O–H groups in total. The lowest BCUT2D eigenvalue weighted by molar-refractivity contribution is 0.705. The Morgan fingerprint density at radius 3 is 3.00 bits per heavy atom. The minimum Gasteiger partial charge on any atom is -0.328 e. The number of nitrogens with two attached hydrogens (primary N) is 1. The molecule has 2 aromatic rings. The fraction of sp³-hybridized carbons (Fsp3) is 0.462. The molecule has 0 aliphatic heterocycles. The van der Waals surface area contributed by atoms with Crippen molar-refractivity contribution >= 4 is 17.4 Å². The Morgan fingerprint density at radius 1 is 1.47 bits per heavy atom. The molecule has 0 fully saturated rings. The SMILES string of the molecule is CCCSc1nc2ccccn2c1CC(C)N. The molecule has 0 spiro atoms. The van der Waals surface area contributed by atoms with Gasteiger partial charge in [-0.2, -0.15) is 0 Å². The van der Waals surface area contributed by atoms with Gasteiger partial charge in [-0.25, -0.2) is 4.98 Å². The standard InChI is InChI=1S/C13H19N3S/c1-3-8-17-13-11(9-10(2)14)16-7-5-4-6-12(16)15-13/h4-7,10H,3,8-9,14H2,1-2H3. The normalized spacial score (nSPS) is 13.1. The molecule has 0 aliphatic carbocycles. The lowest BCUT2D eigenvalue weighted by Crippen LogP contribution is -2.19. The molecule has 0 aliphatic rings. The molecule has 4 heteroatoms. The van der Waals surface area contributed by atoms with E-state index >= 15 is 0 Å². The van der Waals surface area contributed by atoms with Crippen LogP contribution in [0.2, 0.25) is 0 Å². The van der Waals surface area contributed by atoms with Gasteiger partial charge >= 0.3 is 0 Å². The molecular weight excluding hydrogens is 230 g/mol. The van der Waals surface area contributed by atoms with Gasteiger partial charge in [-0.3, -0.25) is 0 Å². The van der Waals surface area contributed by atoms with Crippen molar-refractivity contribution in [2.75, 3.05) is 5.75 Å². The van der Waals surface area contributed by atoms with E-state index in [0.717, 1.165) is 29.3 Å². The van der Waals surface area contributed by atoms with E-state index in [-0.39, 0.29) is 6.04 Å². The predicted octanol–water partition coefficient (Wildman–Crippen LogP) is 2.73. The van der Waals surface area contributed by atoms with Crippen LogP contribution >= 0.6 is 11.8 Å². The lowest BCUT2D eigenvalue weighted by Gasteiger charge is -2.07. The highest BCUT2D eigenvalue weighted by atomic mass is 32.2. The minimum atomic E-state index is 0.163. The summed E-state index contributed by atoms with van der Waals surface area (Å²) in [7, 11) is 0. The van der Waals surface area contributed by atoms with Gasteiger partial charge in [0.1, 0.15) is 10.7 Å². The topological polar surface area (TPSA) is 43.3 Å². The minimum absolute atomic E-state index is 0.163. The van der Waals surface area contributed by atoms with Crippen molar-refractivity contribution in [3.8, 4) is 0 Å². The summed E-state index contributed by atoms with van der Waals surface area (Å²) in [6.07, 6.45) is 4.10. The Balaban J connectivity index is 2.41. The first-order valence-corrected chi connectivity index (χ1v) is 7.05. The largest absolute Gasteiger partial charge is 0.328 e. The highest BCUT2D eigenvalue weighted by molar-refractivity contribution is 7.99. The van der Waals surface area contributed by atoms with Crippen LogP contribution in [0.15, 0.2) is 29.4 Å². The van der Waals surface area contributed by atoms with Crippen LogP contribution in [0, 0.1) is 0 Å². The van der Waals surface area contributed by atoms with E-state index < -0.39 is 0 Å². The molecule has 3 nitrogen and oxygen atoms in total. The second-order valence-corrected chi connectivity index (χ2v) is 5.41. The molecule has 0 aromatic carbocycles. The Morgan fingerprint density at radius 2 is 2.29 bits per heavy atom. The van der Waals surface area contributed by atoms with Crippen LogP contribution in [0.4, 0.5) is 0 Å². The summed E-state index contributed by atoms with van der Waals surface area (Å²) in [6, 6.07) is 6.26. The number of rotatable bonds is 5. The smallest absolute Gasteiger partial charge is 0.138 e. The van der Waals surface area contributed by atoms with Crippen LogP contribution in [-0.4, -0.2) is 21.2 Å². The van der Waals surface area contributed by atoms with Gasteiger partial charge in [0.25, 0.3) is 0 Å². The Labute approximate surface area is 106 Å². The number of fused-ring (bicyclic) bond motifs is 1. The second kappa shape index (κ2) is 5.56. The third-order valence-corrected chi connectivity index (χ3v) is 3.76. The number of hydrogen-bond acceptors (Lipinski definition) is 3. The molecule has 0 bridgehead atoms. The van der Waals surface area contributed by atoms with Crippen LogP contribution in [0.1, 0.15) is 26.0 Å². The van der Waals surface area contributed by atoms with Crippen LogP contribution < -0.4 is 5.73 Å². The van der Waals surface area contributed by atoms with Gasteiger partial charge in [0.05, 0.1) is 5.69 Å². The van der Waals surface area contributed by atoms with Gasteiger partial charge in [0, 0.05) is 18.7 Å². The Hall–Kier alpha value is -1.00. The summed E-state index contributed by atoms with van der Waals surface area (Å²) < 4.78 is 2.15. The summed E-state index contributed by atoms with van der Waals surface area (Å²) >= 11 is 1.83. The fourth-order valence-corrected chi connectivity index (χ4v) is 2.73. The molecule has 2 heterocycles. The third-order valence-electron chi connectivity index (χ3n) is 2.55. The number of nitrogens with zero attached hydrogens (tertiary/aromatic N) is 2. The summed E-state index contributed by atoms with van der Waals surface area (Å²) in [5, 5.41) is 1.13. The Kier molecular flexibility index (Phi) is 4.07. The van der Waals surface area contributed by atoms with Gasteiger partial charge in [-0.1, -0.05) is 13.0 Å². The first-order valence-electron chi connectivity index (χ1n) is 6.06. The number of aromatic nitrogens is 2. The molecule has 0 saturated heterocycles. The van der Waals surface area contributed by atoms with Crippen LogP contribution in [0.25, 0.3) is 5.65 Å². The molecule has 2 rings (SSSR count). The summed E-state index contributed by atoms with van der Waals surface area (Å²) in [4.78, 5) is 4.67. The highest BCUT2D eigenvalue weighted by Crippen LogP contribution is 2.24. The summed E-state index contributed by atoms with van der Waals surface area (Å²) in [6.45, 7) is 4.23. The van der Waals surface area contributed by atoms with Crippen molar-refractivity contribution in [1.82, 2.24) is 9.38 Å². The number of thioether (sulfide) groups is 1. The molecule has 0 saturated carbocycles. The average molecular weight is 249 g/mol. The zero-order valence-corrected chi connectivity index (χ0v) is 11.2. The van der Waals surface area contributed by atoms with E-state index in [2.05, 4.69) is 22.5 Å². The van der Waals surface area contributed by atoms with E-state index in [1.807, 2.05) is 36.9 Å². The van der Waals surface area contributed by atoms with Gasteiger partial charge in [-0.15, -0.1) is 11.8 Å². The molecule has 92 valence electrons. The molecule has 2 aromatic heterocycles. The summed E-state index contributed by atoms with van der Waals surface area (Å²) in [5.41, 5.74) is 8.18. The maximum absolute atomic E-state index is 5.92. The van der Waals surface area contributed by atoms with E-state index in [1.54, 1.807) is 0 Å². The maximum Gasteiger partial charge on any atom is 0.138 e. The second-order valence-electron chi connectivity index (χ2n) is 4.32. The fourth-order valence-electron chi connectivity index (χ4n) is 1.83. The monoisotopic (exact) mass is 249 g/mol. The van der Waals surface area contributed by atoms with Crippen LogP contribution in [0.5, 0.6) is 0 Å². The van der Waals surface area contributed by atoms with E-state index in [9.17, 15) is 0 Å². The Bertz CT molecular complexity index is 490. The van der Waals surface area contributed by atoms with Crippen molar-refractivity contribution in [3.05, 3.63) is 30.1 Å². The molecule has 1 unspecified atom stereocenters. The predicted molar refractivity (Wildman–Crippen MR) is 73.6 cm³/mol. The zero-order valence-electron chi connectivity index (χ0n) is 10.4. The van der Waals surface area contributed by atoms with Crippen molar-refractivity contribution < 1.29 is 0 Å². The number of pyridine rings is 1. The van der Waals surface area contributed by atoms with Crippen LogP contribution in [0.3, 0.4) is 0 Å². The first-order chi connectivity index (χ1) is 8.22. The maximum atomic E-state index is 5.92. The van der Waals surface area contributed by atoms with Crippen molar-refractivity contribution in [2.24, 2.45) is 5.73 Å². The molecule has 0 radical (unpaired) electrons.